The fraction of sp³-hybridized carbons (Fsp3) is 0.250. The fourth-order valence-electron chi connectivity index (χ4n) is 5.02. The third kappa shape index (κ3) is 4.59. The van der Waals surface area contributed by atoms with E-state index < -0.39 is 11.7 Å². The summed E-state index contributed by atoms with van der Waals surface area (Å²) in [4.78, 5) is 26.2. The number of H-pyrrole nitrogens is 1. The molecule has 1 aliphatic rings. The normalized spacial score (nSPS) is 14.3. The highest BCUT2D eigenvalue weighted by molar-refractivity contribution is 5.86. The molecule has 4 heterocycles. The number of hydrogen-bond acceptors (Lipinski definition) is 6. The van der Waals surface area contributed by atoms with Gasteiger partial charge in [-0.15, -0.1) is 0 Å². The number of piperazine rings is 1. The maximum Gasteiger partial charge on any atom is 0.418 e. The van der Waals surface area contributed by atoms with Gasteiger partial charge in [-0.2, -0.15) is 13.2 Å². The van der Waals surface area contributed by atoms with Crippen LogP contribution in [-0.2, 0) is 6.18 Å². The van der Waals surface area contributed by atoms with E-state index >= 15 is 0 Å². The van der Waals surface area contributed by atoms with Crippen molar-refractivity contribution in [2.45, 2.75) is 13.1 Å². The third-order valence-electron chi connectivity index (χ3n) is 6.86. The van der Waals surface area contributed by atoms with Crippen molar-refractivity contribution in [3.63, 3.8) is 0 Å². The van der Waals surface area contributed by atoms with E-state index in [9.17, 15) is 18.0 Å². The number of rotatable bonds is 5. The average molecular weight is 535 g/mol. The average Bonchev–Trinajstić information content (AvgIpc) is 3.40. The predicted molar refractivity (Wildman–Crippen MR) is 143 cm³/mol. The number of nitrogens with zero attached hydrogens (tertiary/aromatic N) is 4. The first-order valence-corrected chi connectivity index (χ1v) is 12.6. The van der Waals surface area contributed by atoms with E-state index in [0.29, 0.717) is 49.7 Å². The van der Waals surface area contributed by atoms with Crippen LogP contribution in [-0.4, -0.2) is 52.1 Å². The van der Waals surface area contributed by atoms with Gasteiger partial charge in [0.15, 0.2) is 0 Å². The molecule has 200 valence electrons. The Balaban J connectivity index is 1.51. The maximum absolute atomic E-state index is 14.2. The lowest BCUT2D eigenvalue weighted by Gasteiger charge is -2.31. The largest absolute Gasteiger partial charge is 0.478 e. The summed E-state index contributed by atoms with van der Waals surface area (Å²) in [5.41, 5.74) is 2.30. The summed E-state index contributed by atoms with van der Waals surface area (Å²) >= 11 is 0. The van der Waals surface area contributed by atoms with Gasteiger partial charge in [-0.25, -0.2) is 9.97 Å². The summed E-state index contributed by atoms with van der Waals surface area (Å²) in [5.74, 6) is 0.760. The molecule has 0 unspecified atom stereocenters. The van der Waals surface area contributed by atoms with Gasteiger partial charge in [0.1, 0.15) is 11.3 Å². The van der Waals surface area contributed by atoms with E-state index in [1.807, 2.05) is 25.1 Å². The molecule has 11 heteroatoms. The minimum absolute atomic E-state index is 0.140. The molecule has 1 saturated heterocycles. The van der Waals surface area contributed by atoms with Crippen molar-refractivity contribution < 1.29 is 17.9 Å². The Labute approximate surface area is 221 Å². The lowest BCUT2D eigenvalue weighted by Crippen LogP contribution is -2.44. The minimum Gasteiger partial charge on any atom is -0.478 e. The molecule has 2 aromatic carbocycles. The number of hydrogen-bond donors (Lipinski definition) is 2. The van der Waals surface area contributed by atoms with Crippen molar-refractivity contribution in [1.29, 1.82) is 0 Å². The van der Waals surface area contributed by atoms with Crippen LogP contribution in [0.1, 0.15) is 12.5 Å². The second kappa shape index (κ2) is 9.73. The molecule has 0 atom stereocenters. The number of anilines is 1. The summed E-state index contributed by atoms with van der Waals surface area (Å²) in [7, 11) is 0. The summed E-state index contributed by atoms with van der Waals surface area (Å²) < 4.78 is 49.7. The number of ether oxygens (including phenoxy) is 1. The van der Waals surface area contributed by atoms with Gasteiger partial charge in [0, 0.05) is 55.3 Å². The number of halogens is 3. The first-order valence-electron chi connectivity index (χ1n) is 12.6. The zero-order valence-corrected chi connectivity index (χ0v) is 21.0. The van der Waals surface area contributed by atoms with Crippen molar-refractivity contribution in [2.75, 3.05) is 37.7 Å². The maximum atomic E-state index is 14.2. The van der Waals surface area contributed by atoms with Crippen LogP contribution in [0, 0.1) is 0 Å². The molecular weight excluding hydrogens is 509 g/mol. The van der Waals surface area contributed by atoms with Gasteiger partial charge in [0.2, 0.25) is 5.88 Å². The molecule has 8 nitrogen and oxygen atoms in total. The lowest BCUT2D eigenvalue weighted by molar-refractivity contribution is -0.137. The summed E-state index contributed by atoms with van der Waals surface area (Å²) in [5, 5.41) is 3.16. The van der Waals surface area contributed by atoms with Crippen LogP contribution in [0.3, 0.4) is 0 Å². The topological polar surface area (TPSA) is 87.5 Å². The van der Waals surface area contributed by atoms with Gasteiger partial charge in [0.25, 0.3) is 5.56 Å². The van der Waals surface area contributed by atoms with Crippen molar-refractivity contribution in [2.24, 2.45) is 0 Å². The van der Waals surface area contributed by atoms with Gasteiger partial charge < -0.3 is 19.9 Å². The van der Waals surface area contributed by atoms with Gasteiger partial charge in [-0.3, -0.25) is 9.20 Å². The number of alkyl halides is 3. The van der Waals surface area contributed by atoms with E-state index in [-0.39, 0.29) is 28.2 Å². The zero-order valence-electron chi connectivity index (χ0n) is 21.0. The quantitative estimate of drug-likeness (QED) is 0.339. The molecule has 0 spiro atoms. The fourth-order valence-corrected chi connectivity index (χ4v) is 5.02. The summed E-state index contributed by atoms with van der Waals surface area (Å²) in [6, 6.07) is 13.4. The molecule has 39 heavy (non-hydrogen) atoms. The Hall–Kier alpha value is -4.38. The van der Waals surface area contributed by atoms with E-state index in [4.69, 9.17) is 4.74 Å². The van der Waals surface area contributed by atoms with Crippen LogP contribution in [0.15, 0.2) is 65.7 Å². The number of aromatic nitrogens is 4. The molecule has 0 radical (unpaired) electrons. The Morgan fingerprint density at radius 3 is 2.41 bits per heavy atom. The van der Waals surface area contributed by atoms with Crippen molar-refractivity contribution in [3.05, 3.63) is 76.8 Å². The predicted octanol–water partition coefficient (Wildman–Crippen LogP) is 4.73. The highest BCUT2D eigenvalue weighted by Gasteiger charge is 2.36. The first kappa shape index (κ1) is 24.9. The van der Waals surface area contributed by atoms with E-state index in [0.717, 1.165) is 17.2 Å². The second-order valence-corrected chi connectivity index (χ2v) is 9.27. The number of pyridine rings is 1. The number of nitrogens with one attached hydrogen (secondary N) is 2. The van der Waals surface area contributed by atoms with Gasteiger partial charge in [0.05, 0.1) is 29.4 Å². The number of fused-ring (bicyclic) bond motifs is 3. The van der Waals surface area contributed by atoms with Crippen LogP contribution in [0.25, 0.3) is 39.1 Å². The van der Waals surface area contributed by atoms with Crippen molar-refractivity contribution in [1.82, 2.24) is 24.7 Å². The Morgan fingerprint density at radius 1 is 0.923 bits per heavy atom. The standard InChI is InChI=1S/C28H25F3N6O2/c1-2-39-25-8-5-19(15-33-25)17-3-6-21-23(14-17)37-24(27(38)35-21)16-34-26(37)18-4-7-22(20(13-18)28(29,30)31)36-11-9-32-10-12-36/h3-8,13-16,32H,2,9-12H2,1H3,(H,35,38). The smallest absolute Gasteiger partial charge is 0.418 e. The number of benzene rings is 2. The molecule has 1 aliphatic heterocycles. The van der Waals surface area contributed by atoms with Crippen molar-refractivity contribution in [3.8, 4) is 28.4 Å². The summed E-state index contributed by atoms with van der Waals surface area (Å²) in [6.07, 6.45) is -1.48. The van der Waals surface area contributed by atoms with Crippen LogP contribution < -0.4 is 20.5 Å². The Bertz CT molecular complexity index is 1720. The molecule has 0 aliphatic carbocycles. The van der Waals surface area contributed by atoms with E-state index in [1.54, 1.807) is 33.7 Å². The molecule has 0 saturated carbocycles. The first-order chi connectivity index (χ1) is 18.8. The van der Waals surface area contributed by atoms with Crippen LogP contribution >= 0.6 is 0 Å². The lowest BCUT2D eigenvalue weighted by atomic mass is 10.0. The van der Waals surface area contributed by atoms with E-state index in [2.05, 4.69) is 20.3 Å². The van der Waals surface area contributed by atoms with Crippen LogP contribution in [0.4, 0.5) is 18.9 Å². The molecule has 1 fully saturated rings. The molecular formula is C28H25F3N6O2. The second-order valence-electron chi connectivity index (χ2n) is 9.27. The van der Waals surface area contributed by atoms with E-state index in [1.165, 1.54) is 12.3 Å². The minimum atomic E-state index is -4.56. The van der Waals surface area contributed by atoms with Gasteiger partial charge >= 0.3 is 6.18 Å². The molecule has 6 rings (SSSR count). The SMILES string of the molecule is CCOc1ccc(-c2ccc3[nH]c(=O)c4cnc(-c5ccc(N6CCNCC6)c(C(F)(F)F)c5)n4c3c2)cn1. The Kier molecular flexibility index (Phi) is 6.22. The van der Waals surface area contributed by atoms with Gasteiger partial charge in [-0.1, -0.05) is 6.07 Å². The van der Waals surface area contributed by atoms with Gasteiger partial charge in [-0.05, 0) is 48.9 Å². The number of aromatic amines is 1. The van der Waals surface area contributed by atoms with Crippen LogP contribution in [0.2, 0.25) is 0 Å². The molecule has 3 aromatic heterocycles. The molecule has 2 N–H and O–H groups in total. The van der Waals surface area contributed by atoms with Crippen molar-refractivity contribution >= 4 is 22.2 Å². The Morgan fingerprint density at radius 2 is 1.69 bits per heavy atom. The monoisotopic (exact) mass is 534 g/mol. The third-order valence-corrected chi connectivity index (χ3v) is 6.86. The number of imidazole rings is 1. The molecule has 0 bridgehead atoms. The highest BCUT2D eigenvalue weighted by Crippen LogP contribution is 2.39. The van der Waals surface area contributed by atoms with Crippen LogP contribution in [0.5, 0.6) is 5.88 Å². The molecule has 0 amide bonds. The zero-order chi connectivity index (χ0) is 27.1. The highest BCUT2D eigenvalue weighted by atomic mass is 19.4. The summed E-state index contributed by atoms with van der Waals surface area (Å²) in [6.45, 7) is 4.58. The molecule has 5 aromatic rings.